The molecule has 0 spiro atoms. The third-order valence-electron chi connectivity index (χ3n) is 3.24. The highest BCUT2D eigenvalue weighted by Gasteiger charge is 2.21. The van der Waals surface area contributed by atoms with Gasteiger partial charge in [0.15, 0.2) is 6.04 Å². The van der Waals surface area contributed by atoms with Gasteiger partial charge in [0.2, 0.25) is 0 Å². The van der Waals surface area contributed by atoms with E-state index in [0.717, 1.165) is 0 Å². The molecule has 0 amide bonds. The Hall–Kier alpha value is -3.20. The minimum atomic E-state index is -1.03. The maximum atomic E-state index is 11.6. The van der Waals surface area contributed by atoms with Gasteiger partial charge >= 0.3 is 5.97 Å². The van der Waals surface area contributed by atoms with Crippen molar-refractivity contribution in [3.05, 3.63) is 53.6 Å². The molecule has 0 aliphatic rings. The first-order valence-corrected chi connectivity index (χ1v) is 7.07. The number of carboxylic acid groups (broad SMARTS) is 1. The van der Waals surface area contributed by atoms with Crippen LogP contribution < -0.4 is 15.8 Å². The number of carbonyl (C=O) groups is 1. The van der Waals surface area contributed by atoms with Crippen LogP contribution in [-0.2, 0) is 4.79 Å². The number of carboxylic acids is 1. The molecule has 23 heavy (non-hydrogen) atoms. The van der Waals surface area contributed by atoms with Crippen LogP contribution in [0.5, 0.6) is 5.75 Å². The zero-order valence-electron chi connectivity index (χ0n) is 12.6. The maximum absolute atomic E-state index is 11.6. The van der Waals surface area contributed by atoms with Crippen molar-refractivity contribution >= 4 is 17.3 Å². The van der Waals surface area contributed by atoms with E-state index in [2.05, 4.69) is 5.32 Å². The molecule has 1 unspecified atom stereocenters. The highest BCUT2D eigenvalue weighted by molar-refractivity contribution is 5.80. The Morgan fingerprint density at radius 2 is 2.04 bits per heavy atom. The Labute approximate surface area is 134 Å². The zero-order chi connectivity index (χ0) is 16.8. The van der Waals surface area contributed by atoms with Gasteiger partial charge in [-0.1, -0.05) is 6.07 Å². The summed E-state index contributed by atoms with van der Waals surface area (Å²) in [6.07, 6.45) is 0. The van der Waals surface area contributed by atoms with Crippen LogP contribution in [-0.4, -0.2) is 17.7 Å². The monoisotopic (exact) mass is 311 g/mol. The Balaban J connectivity index is 2.29. The molecule has 6 heteroatoms. The standard InChI is InChI=1S/C17H17N3O3/c1-2-23-15-9-12(5-8-14(15)19)16(17(21)22)20-13-6-3-11(10-18)4-7-13/h3-9,16,20H,2,19H2,1H3,(H,21,22). The summed E-state index contributed by atoms with van der Waals surface area (Å²) in [5.74, 6) is -0.570. The number of hydrogen-bond donors (Lipinski definition) is 3. The van der Waals surface area contributed by atoms with Crippen LogP contribution in [0.1, 0.15) is 24.1 Å². The summed E-state index contributed by atoms with van der Waals surface area (Å²) in [6.45, 7) is 2.27. The summed E-state index contributed by atoms with van der Waals surface area (Å²) in [4.78, 5) is 11.6. The molecule has 2 aromatic rings. The van der Waals surface area contributed by atoms with E-state index in [1.54, 1.807) is 42.5 Å². The smallest absolute Gasteiger partial charge is 0.330 e. The van der Waals surface area contributed by atoms with Gasteiger partial charge < -0.3 is 20.9 Å². The van der Waals surface area contributed by atoms with Gasteiger partial charge in [-0.15, -0.1) is 0 Å². The number of ether oxygens (including phenoxy) is 1. The van der Waals surface area contributed by atoms with E-state index in [9.17, 15) is 9.90 Å². The van der Waals surface area contributed by atoms with Crippen LogP contribution in [0, 0.1) is 11.3 Å². The predicted octanol–water partition coefficient (Wildman–Crippen LogP) is 2.78. The lowest BCUT2D eigenvalue weighted by molar-refractivity contribution is -0.138. The van der Waals surface area contributed by atoms with Gasteiger partial charge in [0.05, 0.1) is 23.9 Å². The van der Waals surface area contributed by atoms with Crippen molar-refractivity contribution in [2.75, 3.05) is 17.7 Å². The van der Waals surface area contributed by atoms with Crippen molar-refractivity contribution in [1.82, 2.24) is 0 Å². The molecule has 2 aromatic carbocycles. The fraction of sp³-hybridized carbons (Fsp3) is 0.176. The molecule has 0 radical (unpaired) electrons. The fourth-order valence-corrected chi connectivity index (χ4v) is 2.11. The minimum Gasteiger partial charge on any atom is -0.492 e. The van der Waals surface area contributed by atoms with Crippen molar-refractivity contribution in [3.63, 3.8) is 0 Å². The van der Waals surface area contributed by atoms with Crippen molar-refractivity contribution in [1.29, 1.82) is 5.26 Å². The van der Waals surface area contributed by atoms with Gasteiger partial charge in [-0.05, 0) is 48.9 Å². The summed E-state index contributed by atoms with van der Waals surface area (Å²) < 4.78 is 5.41. The molecule has 0 saturated carbocycles. The molecule has 0 saturated heterocycles. The largest absolute Gasteiger partial charge is 0.492 e. The van der Waals surface area contributed by atoms with Gasteiger partial charge in [-0.2, -0.15) is 5.26 Å². The number of nitriles is 1. The molecule has 118 valence electrons. The van der Waals surface area contributed by atoms with Crippen LogP contribution in [0.3, 0.4) is 0 Å². The molecule has 2 rings (SSSR count). The number of nitrogens with zero attached hydrogens (tertiary/aromatic N) is 1. The second-order valence-electron chi connectivity index (χ2n) is 4.84. The number of anilines is 2. The van der Waals surface area contributed by atoms with E-state index in [-0.39, 0.29) is 0 Å². The van der Waals surface area contributed by atoms with E-state index in [1.807, 2.05) is 13.0 Å². The van der Waals surface area contributed by atoms with Crippen LogP contribution in [0.4, 0.5) is 11.4 Å². The number of benzene rings is 2. The van der Waals surface area contributed by atoms with E-state index in [0.29, 0.717) is 34.9 Å². The van der Waals surface area contributed by atoms with E-state index in [4.69, 9.17) is 15.7 Å². The molecule has 4 N–H and O–H groups in total. The van der Waals surface area contributed by atoms with Gasteiger partial charge in [-0.3, -0.25) is 0 Å². The minimum absolute atomic E-state index is 0.439. The van der Waals surface area contributed by atoms with E-state index in [1.165, 1.54) is 0 Å². The first-order valence-electron chi connectivity index (χ1n) is 7.07. The number of nitrogen functional groups attached to an aromatic ring is 1. The number of aliphatic carboxylic acids is 1. The van der Waals surface area contributed by atoms with Gasteiger partial charge in [-0.25, -0.2) is 4.79 Å². The third-order valence-corrected chi connectivity index (χ3v) is 3.24. The lowest BCUT2D eigenvalue weighted by Gasteiger charge is -2.18. The molecule has 0 bridgehead atoms. The Kier molecular flexibility index (Phi) is 5.05. The highest BCUT2D eigenvalue weighted by atomic mass is 16.5. The Morgan fingerprint density at radius 1 is 1.35 bits per heavy atom. The first-order chi connectivity index (χ1) is 11.0. The molecule has 0 fully saturated rings. The predicted molar refractivity (Wildman–Crippen MR) is 87.2 cm³/mol. The quantitative estimate of drug-likeness (QED) is 0.708. The van der Waals surface area contributed by atoms with Crippen molar-refractivity contribution in [2.45, 2.75) is 13.0 Å². The molecule has 1 atom stereocenters. The number of nitrogens with one attached hydrogen (secondary N) is 1. The molecular formula is C17H17N3O3. The Morgan fingerprint density at radius 3 is 2.61 bits per heavy atom. The number of hydrogen-bond acceptors (Lipinski definition) is 5. The SMILES string of the molecule is CCOc1cc(C(Nc2ccc(C#N)cc2)C(=O)O)ccc1N. The van der Waals surface area contributed by atoms with E-state index < -0.39 is 12.0 Å². The summed E-state index contributed by atoms with van der Waals surface area (Å²) in [5.41, 5.74) is 7.91. The topological polar surface area (TPSA) is 108 Å². The van der Waals surface area contributed by atoms with E-state index >= 15 is 0 Å². The van der Waals surface area contributed by atoms with Crippen LogP contribution in [0.25, 0.3) is 0 Å². The molecule has 0 aliphatic carbocycles. The molecule has 0 aromatic heterocycles. The maximum Gasteiger partial charge on any atom is 0.330 e. The molecule has 0 aliphatic heterocycles. The number of rotatable bonds is 6. The normalized spacial score (nSPS) is 11.3. The molecular weight excluding hydrogens is 294 g/mol. The summed E-state index contributed by atoms with van der Waals surface area (Å²) in [5, 5.41) is 21.2. The third kappa shape index (κ3) is 3.92. The van der Waals surface area contributed by atoms with Gasteiger partial charge in [0, 0.05) is 5.69 Å². The van der Waals surface area contributed by atoms with Crippen molar-refractivity contribution in [2.24, 2.45) is 0 Å². The zero-order valence-corrected chi connectivity index (χ0v) is 12.6. The second-order valence-corrected chi connectivity index (χ2v) is 4.84. The lowest BCUT2D eigenvalue weighted by Crippen LogP contribution is -2.20. The van der Waals surface area contributed by atoms with Gasteiger partial charge in [0.25, 0.3) is 0 Å². The summed E-state index contributed by atoms with van der Waals surface area (Å²) in [6, 6.07) is 12.5. The highest BCUT2D eigenvalue weighted by Crippen LogP contribution is 2.28. The number of nitrogens with two attached hydrogens (primary N) is 1. The summed E-state index contributed by atoms with van der Waals surface area (Å²) >= 11 is 0. The Bertz CT molecular complexity index is 736. The first kappa shape index (κ1) is 16.2. The van der Waals surface area contributed by atoms with Crippen LogP contribution in [0.15, 0.2) is 42.5 Å². The van der Waals surface area contributed by atoms with Crippen molar-refractivity contribution in [3.8, 4) is 11.8 Å². The molecule has 6 nitrogen and oxygen atoms in total. The lowest BCUT2D eigenvalue weighted by atomic mass is 10.1. The average molecular weight is 311 g/mol. The summed E-state index contributed by atoms with van der Waals surface area (Å²) in [7, 11) is 0. The second kappa shape index (κ2) is 7.18. The molecule has 0 heterocycles. The fourth-order valence-electron chi connectivity index (χ4n) is 2.11. The van der Waals surface area contributed by atoms with Crippen molar-refractivity contribution < 1.29 is 14.6 Å². The van der Waals surface area contributed by atoms with Gasteiger partial charge in [0.1, 0.15) is 5.75 Å². The van der Waals surface area contributed by atoms with Crippen LogP contribution in [0.2, 0.25) is 0 Å². The average Bonchev–Trinajstić information content (AvgIpc) is 2.55. The van der Waals surface area contributed by atoms with Crippen LogP contribution >= 0.6 is 0 Å².